The second-order valence-corrected chi connectivity index (χ2v) is 8.18. The maximum Gasteiger partial charge on any atom is 0.240 e. The molecule has 3 aliphatic heterocycles. The lowest BCUT2D eigenvalue weighted by molar-refractivity contribution is -0.134. The number of ether oxygens (including phenoxy) is 1. The largest absolute Gasteiger partial charge is 0.467 e. The molecule has 1 unspecified atom stereocenters. The first-order chi connectivity index (χ1) is 13.2. The lowest BCUT2D eigenvalue weighted by Gasteiger charge is -2.33. The van der Waals surface area contributed by atoms with Gasteiger partial charge in [-0.05, 0) is 49.9 Å². The van der Waals surface area contributed by atoms with Gasteiger partial charge in [-0.2, -0.15) is 0 Å². The Labute approximate surface area is 161 Å². The number of nitrogens with zero attached hydrogens (tertiary/aromatic N) is 2. The Kier molecular flexibility index (Phi) is 6.12. The molecule has 1 spiro atoms. The lowest BCUT2D eigenvalue weighted by atomic mass is 9.77. The van der Waals surface area contributed by atoms with E-state index in [1.165, 1.54) is 0 Å². The van der Waals surface area contributed by atoms with Crippen LogP contribution >= 0.6 is 0 Å². The number of rotatable bonds is 6. The van der Waals surface area contributed by atoms with Gasteiger partial charge in [-0.15, -0.1) is 0 Å². The van der Waals surface area contributed by atoms with Gasteiger partial charge >= 0.3 is 0 Å². The molecule has 1 aromatic heterocycles. The average Bonchev–Trinajstić information content (AvgIpc) is 3.36. The molecule has 0 radical (unpaired) electrons. The normalized spacial score (nSPS) is 25.7. The second-order valence-electron chi connectivity index (χ2n) is 8.18. The summed E-state index contributed by atoms with van der Waals surface area (Å²) < 4.78 is 11.0. The van der Waals surface area contributed by atoms with Crippen LogP contribution in [0, 0.1) is 5.41 Å². The number of carbonyl (C=O) groups excluding carboxylic acids is 1. The third-order valence-electron chi connectivity index (χ3n) is 6.35. The molecule has 0 aliphatic carbocycles. The third-order valence-corrected chi connectivity index (χ3v) is 6.35. The number of hydrogen-bond donors (Lipinski definition) is 2. The Bertz CT molecular complexity index is 594. The summed E-state index contributed by atoms with van der Waals surface area (Å²) in [5.41, 5.74) is 0.298. The van der Waals surface area contributed by atoms with Crippen molar-refractivity contribution in [2.45, 2.75) is 31.8 Å². The van der Waals surface area contributed by atoms with E-state index in [1.807, 2.05) is 17.0 Å². The summed E-state index contributed by atoms with van der Waals surface area (Å²) in [5, 5.41) is 6.97. The van der Waals surface area contributed by atoms with Crippen molar-refractivity contribution in [2.75, 3.05) is 59.0 Å². The van der Waals surface area contributed by atoms with Gasteiger partial charge in [-0.3, -0.25) is 9.69 Å². The first-order valence-electron chi connectivity index (χ1n) is 10.3. The van der Waals surface area contributed by atoms with Crippen LogP contribution in [0.15, 0.2) is 22.8 Å². The molecule has 1 aromatic rings. The van der Waals surface area contributed by atoms with Crippen molar-refractivity contribution in [3.63, 3.8) is 0 Å². The minimum atomic E-state index is -0.0669. The van der Waals surface area contributed by atoms with Gasteiger partial charge in [-0.1, -0.05) is 0 Å². The fourth-order valence-corrected chi connectivity index (χ4v) is 4.59. The number of carbonyl (C=O) groups is 1. The summed E-state index contributed by atoms with van der Waals surface area (Å²) >= 11 is 0. The molecule has 27 heavy (non-hydrogen) atoms. The Morgan fingerprint density at radius 1 is 1.30 bits per heavy atom. The van der Waals surface area contributed by atoms with Crippen LogP contribution in [0.25, 0.3) is 0 Å². The fourth-order valence-electron chi connectivity index (χ4n) is 4.59. The van der Waals surface area contributed by atoms with E-state index < -0.39 is 0 Å². The number of morpholine rings is 1. The van der Waals surface area contributed by atoms with Gasteiger partial charge in [0.15, 0.2) is 0 Å². The van der Waals surface area contributed by atoms with Crippen LogP contribution in [0.2, 0.25) is 0 Å². The summed E-state index contributed by atoms with van der Waals surface area (Å²) in [6.07, 6.45) is 4.96. The Balaban J connectivity index is 1.38. The Morgan fingerprint density at radius 3 is 2.85 bits per heavy atom. The van der Waals surface area contributed by atoms with E-state index in [0.717, 1.165) is 84.0 Å². The van der Waals surface area contributed by atoms with Gasteiger partial charge < -0.3 is 24.7 Å². The van der Waals surface area contributed by atoms with Crippen molar-refractivity contribution in [3.05, 3.63) is 24.2 Å². The molecule has 3 aliphatic rings. The molecule has 3 fully saturated rings. The van der Waals surface area contributed by atoms with Crippen LogP contribution in [0.4, 0.5) is 0 Å². The number of piperidine rings is 1. The smallest absolute Gasteiger partial charge is 0.240 e. The molecule has 4 heterocycles. The summed E-state index contributed by atoms with van der Waals surface area (Å²) in [6.45, 7) is 8.71. The maximum atomic E-state index is 13.3. The topological polar surface area (TPSA) is 70.0 Å². The van der Waals surface area contributed by atoms with Gasteiger partial charge in [0, 0.05) is 32.7 Å². The highest BCUT2D eigenvalue weighted by Crippen LogP contribution is 2.37. The fraction of sp³-hybridized carbons (Fsp3) is 0.750. The Morgan fingerprint density at radius 2 is 2.11 bits per heavy atom. The van der Waals surface area contributed by atoms with E-state index in [0.29, 0.717) is 12.0 Å². The van der Waals surface area contributed by atoms with Crippen molar-refractivity contribution in [1.29, 1.82) is 0 Å². The van der Waals surface area contributed by atoms with E-state index >= 15 is 0 Å². The number of hydrogen-bond acceptors (Lipinski definition) is 6. The molecule has 2 N–H and O–H groups in total. The zero-order valence-corrected chi connectivity index (χ0v) is 16.1. The van der Waals surface area contributed by atoms with Gasteiger partial charge in [-0.25, -0.2) is 0 Å². The molecule has 1 atom stereocenters. The summed E-state index contributed by atoms with van der Waals surface area (Å²) in [7, 11) is 0. The predicted octanol–water partition coefficient (Wildman–Crippen LogP) is 0.672. The van der Waals surface area contributed by atoms with E-state index in [1.54, 1.807) is 6.26 Å². The second kappa shape index (κ2) is 8.73. The monoisotopic (exact) mass is 376 g/mol. The molecule has 7 nitrogen and oxygen atoms in total. The molecule has 1 amide bonds. The molecule has 0 saturated carbocycles. The van der Waals surface area contributed by atoms with Crippen LogP contribution < -0.4 is 10.6 Å². The Hall–Kier alpha value is -1.41. The van der Waals surface area contributed by atoms with E-state index in [4.69, 9.17) is 9.15 Å². The highest BCUT2D eigenvalue weighted by Gasteiger charge is 2.43. The molecule has 4 rings (SSSR count). The zero-order chi connectivity index (χ0) is 18.5. The standard InChI is InChI=1S/C20H32N4O3/c25-19(18-14-20(16-22-18)3-5-21-6-4-20)24(15-17-2-1-11-27-17)8-7-23-9-12-26-13-10-23/h1-2,11,18,21-22H,3-10,12-16H2. The van der Waals surface area contributed by atoms with Gasteiger partial charge in [0.05, 0.1) is 32.1 Å². The highest BCUT2D eigenvalue weighted by molar-refractivity contribution is 5.82. The van der Waals surface area contributed by atoms with E-state index in [2.05, 4.69) is 15.5 Å². The first kappa shape index (κ1) is 18.9. The van der Waals surface area contributed by atoms with Crippen molar-refractivity contribution in [3.8, 4) is 0 Å². The summed E-state index contributed by atoms with van der Waals surface area (Å²) in [6, 6.07) is 3.77. The highest BCUT2D eigenvalue weighted by atomic mass is 16.5. The summed E-state index contributed by atoms with van der Waals surface area (Å²) in [5.74, 6) is 1.06. The lowest BCUT2D eigenvalue weighted by Crippen LogP contribution is -2.47. The van der Waals surface area contributed by atoms with Crippen molar-refractivity contribution < 1.29 is 13.9 Å². The molecule has 7 heteroatoms. The van der Waals surface area contributed by atoms with Crippen LogP contribution in [-0.4, -0.2) is 80.8 Å². The molecule has 0 bridgehead atoms. The predicted molar refractivity (Wildman–Crippen MR) is 102 cm³/mol. The van der Waals surface area contributed by atoms with Crippen LogP contribution in [0.1, 0.15) is 25.0 Å². The maximum absolute atomic E-state index is 13.3. The van der Waals surface area contributed by atoms with Crippen LogP contribution in [-0.2, 0) is 16.1 Å². The zero-order valence-electron chi connectivity index (χ0n) is 16.1. The first-order valence-corrected chi connectivity index (χ1v) is 10.3. The van der Waals surface area contributed by atoms with E-state index in [-0.39, 0.29) is 11.9 Å². The van der Waals surface area contributed by atoms with Gasteiger partial charge in [0.25, 0.3) is 0 Å². The van der Waals surface area contributed by atoms with Crippen LogP contribution in [0.3, 0.4) is 0 Å². The quantitative estimate of drug-likeness (QED) is 0.761. The molecular formula is C20H32N4O3. The minimum absolute atomic E-state index is 0.0669. The molecule has 3 saturated heterocycles. The number of nitrogens with one attached hydrogen (secondary N) is 2. The molecule has 150 valence electrons. The van der Waals surface area contributed by atoms with Gasteiger partial charge in [0.2, 0.25) is 5.91 Å². The van der Waals surface area contributed by atoms with E-state index in [9.17, 15) is 4.79 Å². The van der Waals surface area contributed by atoms with Crippen molar-refractivity contribution in [1.82, 2.24) is 20.4 Å². The van der Waals surface area contributed by atoms with Gasteiger partial charge in [0.1, 0.15) is 5.76 Å². The van der Waals surface area contributed by atoms with Crippen LogP contribution in [0.5, 0.6) is 0 Å². The average molecular weight is 377 g/mol. The summed E-state index contributed by atoms with van der Waals surface area (Å²) in [4.78, 5) is 17.7. The molecular weight excluding hydrogens is 344 g/mol. The SMILES string of the molecule is O=C(C1CC2(CCNCC2)CN1)N(CCN1CCOCC1)Cc1ccco1. The number of furan rings is 1. The third kappa shape index (κ3) is 4.71. The van der Waals surface area contributed by atoms with Crippen molar-refractivity contribution in [2.24, 2.45) is 5.41 Å². The number of amides is 1. The minimum Gasteiger partial charge on any atom is -0.467 e. The van der Waals surface area contributed by atoms with Crippen molar-refractivity contribution >= 4 is 5.91 Å². The molecule has 0 aromatic carbocycles.